The van der Waals surface area contributed by atoms with Crippen LogP contribution in [0.4, 0.5) is 0 Å². The van der Waals surface area contributed by atoms with Crippen LogP contribution in [-0.2, 0) is 34.0 Å². The van der Waals surface area contributed by atoms with Gasteiger partial charge in [0.25, 0.3) is 5.56 Å². The van der Waals surface area contributed by atoms with Gasteiger partial charge >= 0.3 is 5.97 Å². The Morgan fingerprint density at radius 2 is 1.97 bits per heavy atom. The third-order valence-corrected chi connectivity index (χ3v) is 6.77. The predicted octanol–water partition coefficient (Wildman–Crippen LogP) is 1.28. The lowest BCUT2D eigenvalue weighted by molar-refractivity contribution is -0.148. The van der Waals surface area contributed by atoms with Crippen LogP contribution in [0.5, 0.6) is 11.5 Å². The molecule has 5 heterocycles. The summed E-state index contributed by atoms with van der Waals surface area (Å²) in [4.78, 5) is 42.6. The Morgan fingerprint density at radius 1 is 1.18 bits per heavy atom. The zero-order valence-corrected chi connectivity index (χ0v) is 18.5. The number of benzene rings is 1. The molecule has 0 radical (unpaired) electrons. The van der Waals surface area contributed by atoms with E-state index in [1.807, 2.05) is 19.1 Å². The van der Waals surface area contributed by atoms with Crippen molar-refractivity contribution in [3.8, 4) is 22.9 Å². The van der Waals surface area contributed by atoms with Crippen molar-refractivity contribution < 1.29 is 23.8 Å². The van der Waals surface area contributed by atoms with E-state index >= 15 is 0 Å². The lowest BCUT2D eigenvalue weighted by Gasteiger charge is -2.24. The molecule has 1 aromatic carbocycles. The highest BCUT2D eigenvalue weighted by Gasteiger charge is 2.35. The maximum atomic E-state index is 13.4. The number of ether oxygens (including phenoxy) is 3. The second-order valence-electron chi connectivity index (χ2n) is 8.54. The van der Waals surface area contributed by atoms with Crippen LogP contribution in [0.25, 0.3) is 22.3 Å². The van der Waals surface area contributed by atoms with E-state index in [1.54, 1.807) is 10.6 Å². The van der Waals surface area contributed by atoms with Crippen molar-refractivity contribution in [2.75, 3.05) is 13.3 Å². The zero-order valence-electron chi connectivity index (χ0n) is 18.5. The Hall–Kier alpha value is -3.92. The number of nitrogens with one attached hydrogen (secondary N) is 1. The van der Waals surface area contributed by atoms with E-state index in [4.69, 9.17) is 24.9 Å². The highest BCUT2D eigenvalue weighted by atomic mass is 16.7. The minimum Gasteiger partial charge on any atom is -0.460 e. The molecule has 3 N–H and O–H groups in total. The van der Waals surface area contributed by atoms with Gasteiger partial charge in [0, 0.05) is 23.6 Å². The maximum absolute atomic E-state index is 13.4. The second kappa shape index (κ2) is 7.56. The number of carbonyl (C=O) groups is 2. The van der Waals surface area contributed by atoms with Gasteiger partial charge in [0.2, 0.25) is 12.7 Å². The summed E-state index contributed by atoms with van der Waals surface area (Å²) in [5, 5.41) is 3.64. The van der Waals surface area contributed by atoms with Crippen LogP contribution in [0.2, 0.25) is 0 Å². The van der Waals surface area contributed by atoms with Crippen LogP contribution < -0.4 is 26.1 Å². The monoisotopic (exact) mass is 462 g/mol. The molecule has 3 aliphatic heterocycles. The quantitative estimate of drug-likeness (QED) is 0.433. The number of rotatable bonds is 4. The van der Waals surface area contributed by atoms with Crippen molar-refractivity contribution in [1.29, 1.82) is 0 Å². The number of hydrogen-bond donors (Lipinski definition) is 2. The summed E-state index contributed by atoms with van der Waals surface area (Å²) in [5.41, 5.74) is 10.1. The lowest BCUT2D eigenvalue weighted by atomic mass is 9.90. The van der Waals surface area contributed by atoms with E-state index in [9.17, 15) is 14.4 Å². The lowest BCUT2D eigenvalue weighted by Crippen LogP contribution is -2.32. The Bertz CT molecular complexity index is 1460. The first-order chi connectivity index (χ1) is 16.5. The minimum absolute atomic E-state index is 0.0314. The summed E-state index contributed by atoms with van der Waals surface area (Å²) in [7, 11) is 0. The largest absolute Gasteiger partial charge is 0.460 e. The molecule has 0 saturated carbocycles. The van der Waals surface area contributed by atoms with Gasteiger partial charge in [-0.25, -0.2) is 4.98 Å². The summed E-state index contributed by atoms with van der Waals surface area (Å²) in [6.45, 7) is 2.38. The molecule has 0 bridgehead atoms. The molecular formula is C24H22N4O6. The maximum Gasteiger partial charge on any atom is 0.313 e. The zero-order chi connectivity index (χ0) is 23.6. The molecule has 10 nitrogen and oxygen atoms in total. The third kappa shape index (κ3) is 2.91. The first kappa shape index (κ1) is 20.7. The van der Waals surface area contributed by atoms with E-state index in [-0.39, 0.29) is 43.9 Å². The normalized spacial score (nSPS) is 17.2. The molecule has 0 aliphatic carbocycles. The molecule has 3 aliphatic rings. The number of carbonyl (C=O) groups excluding carboxylic acids is 2. The number of aromatic nitrogens is 2. The van der Waals surface area contributed by atoms with Gasteiger partial charge in [0.15, 0.2) is 11.5 Å². The number of nitrogens with zero attached hydrogens (tertiary/aromatic N) is 2. The molecule has 0 spiro atoms. The first-order valence-corrected chi connectivity index (χ1v) is 11.2. The van der Waals surface area contributed by atoms with Crippen molar-refractivity contribution >= 4 is 22.8 Å². The van der Waals surface area contributed by atoms with Gasteiger partial charge in [-0.05, 0) is 29.7 Å². The molecule has 0 saturated heterocycles. The summed E-state index contributed by atoms with van der Waals surface area (Å²) < 4.78 is 18.0. The number of hydrogen-bond acceptors (Lipinski definition) is 8. The molecule has 6 rings (SSSR count). The van der Waals surface area contributed by atoms with E-state index in [0.717, 1.165) is 16.5 Å². The van der Waals surface area contributed by atoms with Gasteiger partial charge in [-0.1, -0.05) is 6.92 Å². The Balaban J connectivity index is 1.59. The van der Waals surface area contributed by atoms with Crippen LogP contribution in [0.15, 0.2) is 23.0 Å². The van der Waals surface area contributed by atoms with Gasteiger partial charge in [0.1, 0.15) is 6.61 Å². The van der Waals surface area contributed by atoms with E-state index in [1.165, 1.54) is 0 Å². The number of pyridine rings is 2. The summed E-state index contributed by atoms with van der Waals surface area (Å²) in [6.07, 6.45) is 0.534. The molecular weight excluding hydrogens is 440 g/mol. The third-order valence-electron chi connectivity index (χ3n) is 6.77. The molecule has 0 fully saturated rings. The molecule has 34 heavy (non-hydrogen) atoms. The van der Waals surface area contributed by atoms with Gasteiger partial charge in [-0.2, -0.15) is 0 Å². The van der Waals surface area contributed by atoms with Gasteiger partial charge in [-0.15, -0.1) is 0 Å². The minimum atomic E-state index is -0.482. The molecule has 3 aromatic rings. The summed E-state index contributed by atoms with van der Waals surface area (Å²) in [6, 6.07) is 5.55. The fraction of sp³-hybridized carbons (Fsp3) is 0.333. The SMILES string of the molecule is CCC1C(=O)OCc2c1cc1n(c2=O)Cc2c-1nc1cc3c(cc1c2CNC(=O)CN)OCO3. The molecule has 10 heteroatoms. The van der Waals surface area contributed by atoms with Crippen LogP contribution >= 0.6 is 0 Å². The van der Waals surface area contributed by atoms with Crippen LogP contribution in [-0.4, -0.2) is 34.8 Å². The molecule has 174 valence electrons. The Kier molecular flexibility index (Phi) is 4.59. The number of fused-ring (bicyclic) bond motifs is 6. The first-order valence-electron chi connectivity index (χ1n) is 11.2. The number of amides is 1. The van der Waals surface area contributed by atoms with Gasteiger partial charge in [-0.3, -0.25) is 14.4 Å². The van der Waals surface area contributed by atoms with Gasteiger partial charge in [0.05, 0.1) is 41.5 Å². The van der Waals surface area contributed by atoms with Crippen molar-refractivity contribution in [2.24, 2.45) is 5.73 Å². The molecule has 1 amide bonds. The summed E-state index contributed by atoms with van der Waals surface area (Å²) in [5.74, 6) is 0.103. The molecule has 2 aromatic heterocycles. The second-order valence-corrected chi connectivity index (χ2v) is 8.54. The number of esters is 1. The predicted molar refractivity (Wildman–Crippen MR) is 120 cm³/mol. The highest BCUT2D eigenvalue weighted by Crippen LogP contribution is 2.42. The topological polar surface area (TPSA) is 135 Å². The van der Waals surface area contributed by atoms with Crippen LogP contribution in [0.3, 0.4) is 0 Å². The van der Waals surface area contributed by atoms with E-state index in [2.05, 4.69) is 5.32 Å². The average Bonchev–Trinajstić information content (AvgIpc) is 3.44. The number of cyclic esters (lactones) is 1. The highest BCUT2D eigenvalue weighted by molar-refractivity contribution is 5.91. The van der Waals surface area contributed by atoms with Crippen molar-refractivity contribution in [2.45, 2.75) is 39.0 Å². The van der Waals surface area contributed by atoms with Crippen LogP contribution in [0, 0.1) is 0 Å². The Labute approximate surface area is 193 Å². The van der Waals surface area contributed by atoms with Crippen molar-refractivity contribution in [3.05, 3.63) is 50.8 Å². The Morgan fingerprint density at radius 3 is 2.74 bits per heavy atom. The van der Waals surface area contributed by atoms with Crippen molar-refractivity contribution in [3.63, 3.8) is 0 Å². The van der Waals surface area contributed by atoms with E-state index < -0.39 is 5.92 Å². The molecule has 1 atom stereocenters. The smallest absolute Gasteiger partial charge is 0.313 e. The number of nitrogens with two attached hydrogens (primary N) is 1. The fourth-order valence-corrected chi connectivity index (χ4v) is 5.03. The van der Waals surface area contributed by atoms with E-state index in [0.29, 0.717) is 52.5 Å². The van der Waals surface area contributed by atoms with Gasteiger partial charge < -0.3 is 29.8 Å². The van der Waals surface area contributed by atoms with Crippen LogP contribution in [0.1, 0.15) is 41.5 Å². The molecule has 1 unspecified atom stereocenters. The fourth-order valence-electron chi connectivity index (χ4n) is 5.03. The standard InChI is InChI=1S/C24H22N4O6/c1-2-11-12-3-18-22-15(8-28(18)23(30)16(12)9-32-24(11)31)14(7-26-21(29)6-25)13-4-19-20(34-10-33-19)5-17(13)27-22/h3-5,11H,2,6-10,25H2,1H3,(H,26,29). The average molecular weight is 462 g/mol. The summed E-state index contributed by atoms with van der Waals surface area (Å²) >= 11 is 0. The van der Waals surface area contributed by atoms with Crippen molar-refractivity contribution in [1.82, 2.24) is 14.9 Å².